The number of carbonyl (C=O) groups excluding carboxylic acids is 2. The van der Waals surface area contributed by atoms with Gasteiger partial charge in [-0.15, -0.1) is 11.8 Å². The molecule has 1 amide bonds. The highest BCUT2D eigenvalue weighted by Crippen LogP contribution is 2.20. The average Bonchev–Trinajstić information content (AvgIpc) is 3.15. The lowest BCUT2D eigenvalue weighted by Gasteiger charge is -2.20. The first kappa shape index (κ1) is 18.6. The van der Waals surface area contributed by atoms with Gasteiger partial charge in [0.15, 0.2) is 6.61 Å². The van der Waals surface area contributed by atoms with Gasteiger partial charge in [0, 0.05) is 11.4 Å². The van der Waals surface area contributed by atoms with Crippen molar-refractivity contribution in [2.45, 2.75) is 17.9 Å². The molecule has 6 nitrogen and oxygen atoms in total. The van der Waals surface area contributed by atoms with Gasteiger partial charge in [0.2, 0.25) is 0 Å². The third-order valence-corrected chi connectivity index (χ3v) is 4.22. The molecule has 25 heavy (non-hydrogen) atoms. The van der Waals surface area contributed by atoms with Crippen LogP contribution in [-0.4, -0.2) is 36.2 Å². The van der Waals surface area contributed by atoms with Gasteiger partial charge in [-0.05, 0) is 30.5 Å². The number of carbonyl (C=O) groups is 2. The van der Waals surface area contributed by atoms with Crippen LogP contribution in [0.15, 0.2) is 52.0 Å². The van der Waals surface area contributed by atoms with Crippen molar-refractivity contribution in [1.29, 1.82) is 5.26 Å². The number of hydrogen-bond donors (Lipinski definition) is 0. The van der Waals surface area contributed by atoms with Crippen molar-refractivity contribution >= 4 is 23.6 Å². The standard InChI is InChI=1S/C18H18N2O4S/c1-25-16-8-3-2-7-15(16)18(22)24-13-17(21)20(10-5-9-19)12-14-6-4-11-23-14/h2-4,6-8,11H,5,10,12-13H2,1H3. The molecular weight excluding hydrogens is 340 g/mol. The summed E-state index contributed by atoms with van der Waals surface area (Å²) < 4.78 is 10.4. The summed E-state index contributed by atoms with van der Waals surface area (Å²) in [7, 11) is 0. The van der Waals surface area contributed by atoms with Crippen LogP contribution in [0.3, 0.4) is 0 Å². The van der Waals surface area contributed by atoms with Crippen LogP contribution < -0.4 is 0 Å². The van der Waals surface area contributed by atoms with E-state index in [-0.39, 0.29) is 32.0 Å². The maximum Gasteiger partial charge on any atom is 0.339 e. The fourth-order valence-corrected chi connectivity index (χ4v) is 2.76. The molecule has 7 heteroatoms. The minimum Gasteiger partial charge on any atom is -0.467 e. The summed E-state index contributed by atoms with van der Waals surface area (Å²) in [5.41, 5.74) is 0.428. The van der Waals surface area contributed by atoms with Crippen molar-refractivity contribution in [3.05, 3.63) is 54.0 Å². The number of furan rings is 1. The first-order valence-electron chi connectivity index (χ1n) is 7.63. The highest BCUT2D eigenvalue weighted by Gasteiger charge is 2.19. The Morgan fingerprint density at radius 3 is 2.76 bits per heavy atom. The molecule has 1 aromatic heterocycles. The van der Waals surface area contributed by atoms with Crippen LogP contribution in [0, 0.1) is 11.3 Å². The van der Waals surface area contributed by atoms with Gasteiger partial charge in [0.1, 0.15) is 5.76 Å². The van der Waals surface area contributed by atoms with Gasteiger partial charge >= 0.3 is 5.97 Å². The molecular formula is C18H18N2O4S. The Kier molecular flexibility index (Phi) is 7.11. The van der Waals surface area contributed by atoms with Gasteiger partial charge < -0.3 is 14.1 Å². The summed E-state index contributed by atoms with van der Waals surface area (Å²) in [5, 5.41) is 8.75. The number of benzene rings is 1. The Bertz CT molecular complexity index is 753. The van der Waals surface area contributed by atoms with E-state index in [0.29, 0.717) is 11.3 Å². The Labute approximate surface area is 150 Å². The predicted octanol–water partition coefficient (Wildman–Crippen LogP) is 3.10. The van der Waals surface area contributed by atoms with Gasteiger partial charge in [-0.1, -0.05) is 12.1 Å². The topological polar surface area (TPSA) is 83.5 Å². The van der Waals surface area contributed by atoms with Crippen molar-refractivity contribution in [2.24, 2.45) is 0 Å². The SMILES string of the molecule is CSc1ccccc1C(=O)OCC(=O)N(CCC#N)Cc1ccco1. The van der Waals surface area contributed by atoms with Gasteiger partial charge in [-0.25, -0.2) is 4.79 Å². The highest BCUT2D eigenvalue weighted by molar-refractivity contribution is 7.98. The van der Waals surface area contributed by atoms with E-state index in [9.17, 15) is 9.59 Å². The van der Waals surface area contributed by atoms with Crippen LogP contribution in [0.5, 0.6) is 0 Å². The van der Waals surface area contributed by atoms with Crippen molar-refractivity contribution in [3.8, 4) is 6.07 Å². The second-order valence-electron chi connectivity index (χ2n) is 5.08. The number of ether oxygens (including phenoxy) is 1. The van der Waals surface area contributed by atoms with Crippen molar-refractivity contribution in [1.82, 2.24) is 4.90 Å². The van der Waals surface area contributed by atoms with E-state index < -0.39 is 5.97 Å². The lowest BCUT2D eigenvalue weighted by molar-refractivity contribution is -0.135. The van der Waals surface area contributed by atoms with Crippen LogP contribution in [0.25, 0.3) is 0 Å². The molecule has 0 saturated carbocycles. The third-order valence-electron chi connectivity index (χ3n) is 3.43. The molecule has 0 aliphatic carbocycles. The van der Waals surface area contributed by atoms with E-state index in [0.717, 1.165) is 4.90 Å². The molecule has 1 heterocycles. The molecule has 0 radical (unpaired) electrons. The summed E-state index contributed by atoms with van der Waals surface area (Å²) in [6, 6.07) is 12.5. The summed E-state index contributed by atoms with van der Waals surface area (Å²) in [6.45, 7) is 0.0924. The Balaban J connectivity index is 1.97. The smallest absolute Gasteiger partial charge is 0.339 e. The second kappa shape index (κ2) is 9.55. The van der Waals surface area contributed by atoms with Crippen molar-refractivity contribution in [2.75, 3.05) is 19.4 Å². The van der Waals surface area contributed by atoms with E-state index in [1.807, 2.05) is 24.5 Å². The quantitative estimate of drug-likeness (QED) is 0.533. The molecule has 0 N–H and O–H groups in total. The number of amides is 1. The zero-order valence-corrected chi connectivity index (χ0v) is 14.6. The van der Waals surface area contributed by atoms with Crippen LogP contribution in [0.1, 0.15) is 22.5 Å². The van der Waals surface area contributed by atoms with Crippen molar-refractivity contribution in [3.63, 3.8) is 0 Å². The van der Waals surface area contributed by atoms with Gasteiger partial charge in [0.25, 0.3) is 5.91 Å². The molecule has 0 unspecified atom stereocenters. The molecule has 0 spiro atoms. The van der Waals surface area contributed by atoms with E-state index >= 15 is 0 Å². The monoisotopic (exact) mass is 358 g/mol. The predicted molar refractivity (Wildman–Crippen MR) is 92.9 cm³/mol. The van der Waals surface area contributed by atoms with E-state index in [1.165, 1.54) is 22.9 Å². The molecule has 0 aliphatic rings. The maximum atomic E-state index is 12.4. The molecule has 2 aromatic rings. The lowest BCUT2D eigenvalue weighted by Crippen LogP contribution is -2.35. The van der Waals surface area contributed by atoms with Gasteiger partial charge in [-0.2, -0.15) is 5.26 Å². The van der Waals surface area contributed by atoms with Gasteiger partial charge in [-0.3, -0.25) is 4.79 Å². The summed E-state index contributed by atoms with van der Waals surface area (Å²) in [6.07, 6.45) is 3.57. The van der Waals surface area contributed by atoms with Crippen LogP contribution in [0.2, 0.25) is 0 Å². The largest absolute Gasteiger partial charge is 0.467 e. The number of esters is 1. The van der Waals surface area contributed by atoms with Crippen LogP contribution in [0.4, 0.5) is 0 Å². The lowest BCUT2D eigenvalue weighted by atomic mass is 10.2. The molecule has 0 saturated heterocycles. The first-order chi connectivity index (χ1) is 12.2. The minimum absolute atomic E-state index is 0.190. The van der Waals surface area contributed by atoms with Crippen LogP contribution >= 0.6 is 11.8 Å². The second-order valence-corrected chi connectivity index (χ2v) is 5.93. The normalized spacial score (nSPS) is 10.1. The molecule has 0 fully saturated rings. The maximum absolute atomic E-state index is 12.4. The number of nitrogens with zero attached hydrogens (tertiary/aromatic N) is 2. The average molecular weight is 358 g/mol. The molecule has 130 valence electrons. The fourth-order valence-electron chi connectivity index (χ4n) is 2.18. The first-order valence-corrected chi connectivity index (χ1v) is 8.85. The zero-order chi connectivity index (χ0) is 18.1. The minimum atomic E-state index is -0.545. The third kappa shape index (κ3) is 5.40. The number of hydrogen-bond acceptors (Lipinski definition) is 6. The zero-order valence-electron chi connectivity index (χ0n) is 13.8. The van der Waals surface area contributed by atoms with Gasteiger partial charge in [0.05, 0.1) is 30.9 Å². The molecule has 2 rings (SSSR count). The summed E-state index contributed by atoms with van der Waals surface area (Å²) in [4.78, 5) is 26.8. The summed E-state index contributed by atoms with van der Waals surface area (Å²) in [5.74, 6) is -0.316. The highest BCUT2D eigenvalue weighted by atomic mass is 32.2. The molecule has 0 atom stereocenters. The van der Waals surface area contributed by atoms with E-state index in [4.69, 9.17) is 14.4 Å². The number of rotatable bonds is 8. The molecule has 0 aliphatic heterocycles. The number of nitriles is 1. The molecule has 1 aromatic carbocycles. The van der Waals surface area contributed by atoms with Crippen molar-refractivity contribution < 1.29 is 18.7 Å². The fraction of sp³-hybridized carbons (Fsp3) is 0.278. The molecule has 0 bridgehead atoms. The summed E-state index contributed by atoms with van der Waals surface area (Å²) >= 11 is 1.43. The van der Waals surface area contributed by atoms with E-state index in [2.05, 4.69) is 0 Å². The Hall–Kier alpha value is -2.72. The Morgan fingerprint density at radius 2 is 2.08 bits per heavy atom. The number of thioether (sulfide) groups is 1. The van der Waals surface area contributed by atoms with Crippen LogP contribution in [-0.2, 0) is 16.1 Å². The van der Waals surface area contributed by atoms with E-state index in [1.54, 1.807) is 24.3 Å². The Morgan fingerprint density at radius 1 is 1.28 bits per heavy atom.